The number of aryl methyl sites for hydroxylation is 1. The highest BCUT2D eigenvalue weighted by Crippen LogP contribution is 2.36. The van der Waals surface area contributed by atoms with E-state index in [1.807, 2.05) is 6.92 Å². The molecule has 1 saturated carbocycles. The number of nitrogens with two attached hydrogens (primary N) is 1. The summed E-state index contributed by atoms with van der Waals surface area (Å²) in [6.45, 7) is 6.44. The summed E-state index contributed by atoms with van der Waals surface area (Å²) in [5, 5.41) is 0. The van der Waals surface area contributed by atoms with E-state index in [-0.39, 0.29) is 0 Å². The Morgan fingerprint density at radius 2 is 2.06 bits per heavy atom. The Labute approximate surface area is 97.5 Å². The van der Waals surface area contributed by atoms with Gasteiger partial charge in [-0.15, -0.1) is 0 Å². The molecule has 0 spiro atoms. The molecule has 88 valence electrons. The lowest BCUT2D eigenvalue weighted by Crippen LogP contribution is -2.09. The average Bonchev–Trinajstić information content (AvgIpc) is 2.64. The van der Waals surface area contributed by atoms with Gasteiger partial charge in [-0.1, -0.05) is 13.8 Å². The fraction of sp³-hybridized carbons (Fsp3) is 0.692. The predicted octanol–water partition coefficient (Wildman–Crippen LogP) is 2.83. The zero-order valence-corrected chi connectivity index (χ0v) is 10.5. The van der Waals surface area contributed by atoms with Gasteiger partial charge in [0.2, 0.25) is 0 Å². The van der Waals surface area contributed by atoms with E-state index in [2.05, 4.69) is 23.8 Å². The summed E-state index contributed by atoms with van der Waals surface area (Å²) in [5.74, 6) is 2.99. The lowest BCUT2D eigenvalue weighted by atomic mass is 10.0. The van der Waals surface area contributed by atoms with Crippen LogP contribution in [0.5, 0.6) is 0 Å². The van der Waals surface area contributed by atoms with Gasteiger partial charge in [-0.2, -0.15) is 0 Å². The summed E-state index contributed by atoms with van der Waals surface area (Å²) in [4.78, 5) is 9.12. The second-order valence-corrected chi connectivity index (χ2v) is 5.00. The maximum Gasteiger partial charge on any atom is 0.134 e. The van der Waals surface area contributed by atoms with E-state index < -0.39 is 0 Å². The van der Waals surface area contributed by atoms with E-state index in [0.717, 1.165) is 29.4 Å². The third-order valence-corrected chi connectivity index (χ3v) is 3.68. The Bertz CT molecular complexity index is 364. The molecule has 0 saturated heterocycles. The van der Waals surface area contributed by atoms with Gasteiger partial charge >= 0.3 is 0 Å². The summed E-state index contributed by atoms with van der Waals surface area (Å²) in [6.07, 6.45) is 4.64. The van der Waals surface area contributed by atoms with Crippen LogP contribution in [-0.2, 0) is 6.42 Å². The molecule has 0 aliphatic heterocycles. The Hall–Kier alpha value is -1.12. The van der Waals surface area contributed by atoms with Crippen LogP contribution >= 0.6 is 0 Å². The van der Waals surface area contributed by atoms with E-state index in [1.165, 1.54) is 19.3 Å². The van der Waals surface area contributed by atoms with Gasteiger partial charge in [0.25, 0.3) is 0 Å². The lowest BCUT2D eigenvalue weighted by molar-refractivity contribution is 0.584. The Morgan fingerprint density at radius 1 is 1.31 bits per heavy atom. The van der Waals surface area contributed by atoms with Crippen LogP contribution in [-0.4, -0.2) is 9.97 Å². The number of nitrogen functional groups attached to an aromatic ring is 1. The van der Waals surface area contributed by atoms with Crippen LogP contribution < -0.4 is 5.73 Å². The molecule has 2 unspecified atom stereocenters. The number of anilines is 1. The molecule has 0 radical (unpaired) electrons. The van der Waals surface area contributed by atoms with Crippen LogP contribution in [0.15, 0.2) is 0 Å². The number of hydrogen-bond acceptors (Lipinski definition) is 3. The zero-order valence-electron chi connectivity index (χ0n) is 10.5. The number of aromatic nitrogens is 2. The van der Waals surface area contributed by atoms with Gasteiger partial charge in [0.15, 0.2) is 0 Å². The number of hydrogen-bond donors (Lipinski definition) is 1. The van der Waals surface area contributed by atoms with Crippen molar-refractivity contribution in [3.05, 3.63) is 17.1 Å². The minimum Gasteiger partial charge on any atom is -0.383 e. The van der Waals surface area contributed by atoms with Gasteiger partial charge in [0.05, 0.1) is 0 Å². The molecule has 0 aromatic carbocycles. The molecule has 3 heteroatoms. The Kier molecular flexibility index (Phi) is 3.13. The molecule has 2 atom stereocenters. The van der Waals surface area contributed by atoms with Crippen LogP contribution in [0.3, 0.4) is 0 Å². The van der Waals surface area contributed by atoms with Crippen molar-refractivity contribution in [2.24, 2.45) is 5.92 Å². The van der Waals surface area contributed by atoms with E-state index in [0.29, 0.717) is 11.7 Å². The highest BCUT2D eigenvalue weighted by atomic mass is 15.0. The van der Waals surface area contributed by atoms with Crippen molar-refractivity contribution in [3.8, 4) is 0 Å². The normalized spacial score (nSPS) is 24.9. The first-order valence-corrected chi connectivity index (χ1v) is 6.24. The quantitative estimate of drug-likeness (QED) is 0.832. The van der Waals surface area contributed by atoms with E-state index in [1.54, 1.807) is 0 Å². The molecule has 2 N–H and O–H groups in total. The van der Waals surface area contributed by atoms with Crippen molar-refractivity contribution in [2.45, 2.75) is 52.4 Å². The molecule has 1 fully saturated rings. The zero-order chi connectivity index (χ0) is 11.7. The minimum atomic E-state index is 0.530. The van der Waals surface area contributed by atoms with Gasteiger partial charge in [0.1, 0.15) is 11.6 Å². The van der Waals surface area contributed by atoms with Crippen molar-refractivity contribution in [1.82, 2.24) is 9.97 Å². The maximum absolute atomic E-state index is 5.98. The van der Waals surface area contributed by atoms with Crippen molar-refractivity contribution in [2.75, 3.05) is 5.73 Å². The van der Waals surface area contributed by atoms with Crippen molar-refractivity contribution in [1.29, 1.82) is 0 Å². The van der Waals surface area contributed by atoms with Crippen LogP contribution in [0.4, 0.5) is 5.82 Å². The molecule has 1 aromatic rings. The van der Waals surface area contributed by atoms with E-state index in [9.17, 15) is 0 Å². The van der Waals surface area contributed by atoms with Crippen LogP contribution in [0.1, 0.15) is 56.1 Å². The van der Waals surface area contributed by atoms with Gasteiger partial charge in [-0.3, -0.25) is 0 Å². The average molecular weight is 219 g/mol. The third kappa shape index (κ3) is 2.04. The highest BCUT2D eigenvalue weighted by Gasteiger charge is 2.25. The highest BCUT2D eigenvalue weighted by molar-refractivity contribution is 5.42. The monoisotopic (exact) mass is 219 g/mol. The maximum atomic E-state index is 5.98. The van der Waals surface area contributed by atoms with E-state index in [4.69, 9.17) is 5.73 Å². The fourth-order valence-corrected chi connectivity index (χ4v) is 2.70. The standard InChI is InChI=1S/C13H21N3/c1-4-11-9(3)15-13(16-12(11)14)10-6-5-8(2)7-10/h8,10H,4-7H2,1-3H3,(H2,14,15,16). The second kappa shape index (κ2) is 4.40. The van der Waals surface area contributed by atoms with Crippen molar-refractivity contribution >= 4 is 5.82 Å². The largest absolute Gasteiger partial charge is 0.383 e. The summed E-state index contributed by atoms with van der Waals surface area (Å²) in [6, 6.07) is 0. The molecular weight excluding hydrogens is 198 g/mol. The molecule has 1 aromatic heterocycles. The van der Waals surface area contributed by atoms with Crippen LogP contribution in [0.2, 0.25) is 0 Å². The first-order valence-electron chi connectivity index (χ1n) is 6.24. The van der Waals surface area contributed by atoms with Crippen molar-refractivity contribution < 1.29 is 0 Å². The number of rotatable bonds is 2. The number of nitrogens with zero attached hydrogens (tertiary/aromatic N) is 2. The Balaban J connectivity index is 2.29. The molecule has 16 heavy (non-hydrogen) atoms. The van der Waals surface area contributed by atoms with Crippen LogP contribution in [0.25, 0.3) is 0 Å². The molecular formula is C13H21N3. The SMILES string of the molecule is CCc1c(C)nc(C2CCC(C)C2)nc1N. The molecule has 0 amide bonds. The summed E-state index contributed by atoms with van der Waals surface area (Å²) in [5.41, 5.74) is 8.15. The second-order valence-electron chi connectivity index (χ2n) is 5.00. The molecule has 2 rings (SSSR count). The Morgan fingerprint density at radius 3 is 2.56 bits per heavy atom. The minimum absolute atomic E-state index is 0.530. The smallest absolute Gasteiger partial charge is 0.134 e. The topological polar surface area (TPSA) is 51.8 Å². The first-order chi connectivity index (χ1) is 7.61. The molecule has 0 bridgehead atoms. The summed E-state index contributed by atoms with van der Waals surface area (Å²) in [7, 11) is 0. The van der Waals surface area contributed by atoms with Crippen LogP contribution in [0, 0.1) is 12.8 Å². The first kappa shape index (κ1) is 11.4. The molecule has 3 nitrogen and oxygen atoms in total. The molecule has 1 aliphatic carbocycles. The molecule has 1 aliphatic rings. The third-order valence-electron chi connectivity index (χ3n) is 3.68. The summed E-state index contributed by atoms with van der Waals surface area (Å²) < 4.78 is 0. The van der Waals surface area contributed by atoms with Crippen molar-refractivity contribution in [3.63, 3.8) is 0 Å². The van der Waals surface area contributed by atoms with Gasteiger partial charge < -0.3 is 5.73 Å². The molecule has 1 heterocycles. The van der Waals surface area contributed by atoms with Gasteiger partial charge in [0, 0.05) is 17.2 Å². The van der Waals surface area contributed by atoms with Gasteiger partial charge in [-0.05, 0) is 38.5 Å². The van der Waals surface area contributed by atoms with Gasteiger partial charge in [-0.25, -0.2) is 9.97 Å². The summed E-state index contributed by atoms with van der Waals surface area (Å²) >= 11 is 0. The fourth-order valence-electron chi connectivity index (χ4n) is 2.70. The predicted molar refractivity (Wildman–Crippen MR) is 66.3 cm³/mol. The van der Waals surface area contributed by atoms with E-state index >= 15 is 0 Å². The lowest BCUT2D eigenvalue weighted by Gasteiger charge is -2.12.